The molecule has 0 nitrogen and oxygen atoms in total. The van der Waals surface area contributed by atoms with Crippen LogP contribution in [0.15, 0.2) is 11.6 Å². The van der Waals surface area contributed by atoms with E-state index >= 15 is 0 Å². The number of rotatable bonds is 3. The van der Waals surface area contributed by atoms with Gasteiger partial charge >= 0.3 is 0 Å². The van der Waals surface area contributed by atoms with Crippen LogP contribution >= 0.6 is 22.2 Å². The molecule has 0 radical (unpaired) electrons. The smallest absolute Gasteiger partial charge is 0.150 e. The number of hydrogen-bond acceptors (Lipinski definition) is 0. The lowest BCUT2D eigenvalue weighted by molar-refractivity contribution is 1.17. The van der Waals surface area contributed by atoms with E-state index in [2.05, 4.69) is 19.9 Å². The maximum Gasteiger partial charge on any atom is 0.240 e. The Morgan fingerprint density at radius 1 is 1.56 bits per heavy atom. The Labute approximate surface area is 67.9 Å². The largest absolute Gasteiger partial charge is 0.240 e. The fourth-order valence-electron chi connectivity index (χ4n) is 0.675. The van der Waals surface area contributed by atoms with Crippen LogP contribution in [0.1, 0.15) is 20.3 Å². The molecule has 0 aliphatic heterocycles. The van der Waals surface area contributed by atoms with Crippen molar-refractivity contribution in [3.05, 3.63) is 11.6 Å². The predicted molar refractivity (Wildman–Crippen MR) is 47.7 cm³/mol. The molecule has 0 spiro atoms. The fourth-order valence-corrected chi connectivity index (χ4v) is 2.79. The van der Waals surface area contributed by atoms with Gasteiger partial charge in [-0.1, -0.05) is 18.6 Å². The molecule has 0 rings (SSSR count). The summed E-state index contributed by atoms with van der Waals surface area (Å²) in [6, 6.07) is 0.928. The molecule has 0 atom stereocenters. The van der Waals surface area contributed by atoms with E-state index in [0.29, 0.717) is 0 Å². The van der Waals surface area contributed by atoms with Crippen molar-refractivity contribution in [3.63, 3.8) is 0 Å². The molecule has 0 aromatic heterocycles. The van der Waals surface area contributed by atoms with E-state index in [9.17, 15) is 0 Å². The molecule has 0 fully saturated rings. The van der Waals surface area contributed by atoms with Gasteiger partial charge in [-0.3, -0.25) is 0 Å². The van der Waals surface area contributed by atoms with Crippen LogP contribution in [0.4, 0.5) is 0 Å². The molecule has 0 amide bonds. The van der Waals surface area contributed by atoms with Gasteiger partial charge in [0.25, 0.3) is 0 Å². The van der Waals surface area contributed by atoms with Crippen LogP contribution in [0, 0.1) is 0 Å². The lowest BCUT2D eigenvalue weighted by Gasteiger charge is -1.97. The Kier molecular flexibility index (Phi) is 5.65. The Bertz CT molecular complexity index is 99.2. The van der Waals surface area contributed by atoms with Crippen molar-refractivity contribution in [2.45, 2.75) is 26.3 Å². The van der Waals surface area contributed by atoms with Gasteiger partial charge in [0.2, 0.25) is 7.42 Å². The topological polar surface area (TPSA) is 0 Å². The highest BCUT2D eigenvalue weighted by Crippen LogP contribution is 2.11. The summed E-state index contributed by atoms with van der Waals surface area (Å²) < 4.78 is 0. The van der Waals surface area contributed by atoms with E-state index in [1.807, 2.05) is 0 Å². The van der Waals surface area contributed by atoms with E-state index in [0.717, 1.165) is 12.5 Å². The highest BCUT2D eigenvalue weighted by atomic mass is 35.7. The predicted octanol–water partition coefficient (Wildman–Crippen LogP) is 3.04. The van der Waals surface area contributed by atoms with Gasteiger partial charge in [-0.05, 0) is 19.4 Å². The maximum atomic E-state index is 5.67. The van der Waals surface area contributed by atoms with Crippen LogP contribution in [0.5, 0.6) is 0 Å². The van der Waals surface area contributed by atoms with Crippen LogP contribution in [0.25, 0.3) is 0 Å². The molecule has 9 heavy (non-hydrogen) atoms. The Morgan fingerprint density at radius 2 is 2.11 bits per heavy atom. The average molecular weight is 183 g/mol. The molecule has 0 unspecified atom stereocenters. The van der Waals surface area contributed by atoms with Crippen molar-refractivity contribution in [2.24, 2.45) is 0 Å². The molecule has 54 valence electrons. The van der Waals surface area contributed by atoms with Crippen LogP contribution in [0.3, 0.4) is 0 Å². The zero-order chi connectivity index (χ0) is 7.28. The lowest BCUT2D eigenvalue weighted by atomic mass is 10.3. The van der Waals surface area contributed by atoms with Gasteiger partial charge in [0, 0.05) is 0 Å². The van der Waals surface area contributed by atoms with Crippen molar-refractivity contribution in [1.29, 1.82) is 0 Å². The average Bonchev–Trinajstić information content (AvgIpc) is 1.63. The van der Waals surface area contributed by atoms with Crippen molar-refractivity contribution in [2.75, 3.05) is 0 Å². The minimum atomic E-state index is -1.38. The third-order valence-corrected chi connectivity index (χ3v) is 2.91. The van der Waals surface area contributed by atoms with Crippen LogP contribution in [-0.4, -0.2) is 7.42 Å². The first-order valence-corrected chi connectivity index (χ1v) is 7.41. The van der Waals surface area contributed by atoms with Crippen LogP contribution in [0.2, 0.25) is 6.04 Å². The SMILES string of the molecule is CCC=C(C)C[SiH](Cl)Cl. The van der Waals surface area contributed by atoms with Crippen molar-refractivity contribution >= 4 is 29.6 Å². The minimum absolute atomic E-state index is 0.928. The van der Waals surface area contributed by atoms with Gasteiger partial charge in [-0.15, -0.1) is 22.2 Å². The van der Waals surface area contributed by atoms with Gasteiger partial charge in [-0.2, -0.15) is 0 Å². The highest BCUT2D eigenvalue weighted by molar-refractivity contribution is 7.34. The molecule has 0 aliphatic rings. The Morgan fingerprint density at radius 3 is 2.44 bits per heavy atom. The van der Waals surface area contributed by atoms with Gasteiger partial charge in [0.1, 0.15) is 0 Å². The first-order valence-electron chi connectivity index (χ1n) is 3.10. The summed E-state index contributed by atoms with van der Waals surface area (Å²) in [6.07, 6.45) is 3.26. The summed E-state index contributed by atoms with van der Waals surface area (Å²) in [5.41, 5.74) is 1.33. The highest BCUT2D eigenvalue weighted by Gasteiger charge is 2.00. The van der Waals surface area contributed by atoms with Crippen molar-refractivity contribution in [1.82, 2.24) is 0 Å². The fraction of sp³-hybridized carbons (Fsp3) is 0.667. The molecule has 0 bridgehead atoms. The summed E-state index contributed by atoms with van der Waals surface area (Å²) in [7, 11) is -1.38. The molecule has 0 aromatic rings. The molecule has 0 saturated carbocycles. The number of allylic oxidation sites excluding steroid dienone is 2. The third kappa shape index (κ3) is 6.42. The minimum Gasteiger partial charge on any atom is -0.150 e. The Balaban J connectivity index is 3.49. The zero-order valence-electron chi connectivity index (χ0n) is 5.82. The number of hydrogen-bond donors (Lipinski definition) is 0. The summed E-state index contributed by atoms with van der Waals surface area (Å²) in [5, 5.41) is 0. The molecular formula is C6H12Cl2Si. The van der Waals surface area contributed by atoms with Gasteiger partial charge in [-0.25, -0.2) is 0 Å². The van der Waals surface area contributed by atoms with Crippen molar-refractivity contribution in [3.8, 4) is 0 Å². The van der Waals surface area contributed by atoms with Crippen LogP contribution < -0.4 is 0 Å². The zero-order valence-corrected chi connectivity index (χ0v) is 8.49. The molecule has 0 aliphatic carbocycles. The molecular weight excluding hydrogens is 171 g/mol. The van der Waals surface area contributed by atoms with E-state index < -0.39 is 7.42 Å². The quantitative estimate of drug-likeness (QED) is 0.358. The van der Waals surface area contributed by atoms with Crippen molar-refractivity contribution < 1.29 is 0 Å². The third-order valence-electron chi connectivity index (χ3n) is 1.03. The second-order valence-corrected chi connectivity index (χ2v) is 7.08. The lowest BCUT2D eigenvalue weighted by Crippen LogP contribution is -1.91. The second-order valence-electron chi connectivity index (χ2n) is 2.05. The normalized spacial score (nSPS) is 12.8. The summed E-state index contributed by atoms with van der Waals surface area (Å²) in [6.45, 7) is 4.19. The molecule has 3 heteroatoms. The second kappa shape index (κ2) is 5.33. The molecule has 0 saturated heterocycles. The number of halogens is 2. The summed E-state index contributed by atoms with van der Waals surface area (Å²) >= 11 is 11.3. The summed E-state index contributed by atoms with van der Waals surface area (Å²) in [5.74, 6) is 0. The molecule has 0 N–H and O–H groups in total. The van der Waals surface area contributed by atoms with E-state index in [1.54, 1.807) is 0 Å². The maximum absolute atomic E-state index is 5.67. The first kappa shape index (κ1) is 9.54. The monoisotopic (exact) mass is 182 g/mol. The van der Waals surface area contributed by atoms with Gasteiger partial charge < -0.3 is 0 Å². The first-order chi connectivity index (χ1) is 4.16. The van der Waals surface area contributed by atoms with Crippen LogP contribution in [-0.2, 0) is 0 Å². The molecule has 0 aromatic carbocycles. The van der Waals surface area contributed by atoms with E-state index in [-0.39, 0.29) is 0 Å². The van der Waals surface area contributed by atoms with E-state index in [4.69, 9.17) is 22.2 Å². The standard InChI is InChI=1S/C6H12Cl2Si/c1-3-4-6(2)5-9(7)8/h4,9H,3,5H2,1-2H3. The van der Waals surface area contributed by atoms with Gasteiger partial charge in [0.15, 0.2) is 0 Å². The Hall–Kier alpha value is 0.537. The molecule has 0 heterocycles. The summed E-state index contributed by atoms with van der Waals surface area (Å²) in [4.78, 5) is 0. The van der Waals surface area contributed by atoms with E-state index in [1.165, 1.54) is 5.57 Å². The van der Waals surface area contributed by atoms with Gasteiger partial charge in [0.05, 0.1) is 0 Å².